The van der Waals surface area contributed by atoms with E-state index >= 15 is 0 Å². The first-order valence-corrected chi connectivity index (χ1v) is 9.13. The van der Waals surface area contributed by atoms with Crippen molar-refractivity contribution in [3.63, 3.8) is 0 Å². The van der Waals surface area contributed by atoms with Crippen LogP contribution in [0.5, 0.6) is 0 Å². The second-order valence-electron chi connectivity index (χ2n) is 6.42. The summed E-state index contributed by atoms with van der Waals surface area (Å²) in [6.45, 7) is 4.14. The van der Waals surface area contributed by atoms with Gasteiger partial charge in [-0.3, -0.25) is 4.79 Å². The predicted octanol–water partition coefficient (Wildman–Crippen LogP) is 5.05. The van der Waals surface area contributed by atoms with Crippen LogP contribution in [0.2, 0.25) is 0 Å². The highest BCUT2D eigenvalue weighted by molar-refractivity contribution is 5.91. The Kier molecular flexibility index (Phi) is 9.93. The minimum absolute atomic E-state index is 0.0489. The van der Waals surface area contributed by atoms with Crippen LogP contribution >= 0.6 is 0 Å². The van der Waals surface area contributed by atoms with Gasteiger partial charge in [0.05, 0.1) is 6.61 Å². The topological polar surface area (TPSA) is 46.6 Å². The number of rotatable bonds is 11. The van der Waals surface area contributed by atoms with Crippen molar-refractivity contribution in [3.8, 4) is 0 Å². The van der Waals surface area contributed by atoms with E-state index < -0.39 is 6.09 Å². The van der Waals surface area contributed by atoms with Gasteiger partial charge in [0.15, 0.2) is 0 Å². The Morgan fingerprint density at radius 1 is 1.05 bits per heavy atom. The fraction of sp³-hybridized carbons (Fsp3) is 0.889. The Morgan fingerprint density at radius 2 is 1.59 bits per heavy atom. The zero-order valence-corrected chi connectivity index (χ0v) is 14.4. The Labute approximate surface area is 135 Å². The number of cyclic esters (lactones) is 1. The summed E-state index contributed by atoms with van der Waals surface area (Å²) in [5, 5.41) is 0. The van der Waals surface area contributed by atoms with Crippen LogP contribution in [0.4, 0.5) is 4.79 Å². The molecule has 128 valence electrons. The zero-order chi connectivity index (χ0) is 16.2. The number of unbranched alkanes of at least 4 members (excludes halogenated alkanes) is 9. The SMILES string of the molecule is CCCCCCCCCCCCC1CCOC(=O)N1C(C)=O. The van der Waals surface area contributed by atoms with Crippen molar-refractivity contribution >= 4 is 12.0 Å². The Hall–Kier alpha value is -1.06. The summed E-state index contributed by atoms with van der Waals surface area (Å²) < 4.78 is 4.95. The van der Waals surface area contributed by atoms with E-state index in [9.17, 15) is 9.59 Å². The maximum Gasteiger partial charge on any atom is 0.416 e. The monoisotopic (exact) mass is 311 g/mol. The quantitative estimate of drug-likeness (QED) is 0.501. The van der Waals surface area contributed by atoms with E-state index in [4.69, 9.17) is 4.74 Å². The van der Waals surface area contributed by atoms with Gasteiger partial charge >= 0.3 is 6.09 Å². The standard InChI is InChI=1S/C18H33NO3/c1-3-4-5-6-7-8-9-10-11-12-13-17-14-15-22-18(21)19(17)16(2)20/h17H,3-15H2,1-2H3. The summed E-state index contributed by atoms with van der Waals surface area (Å²) in [7, 11) is 0. The van der Waals surface area contributed by atoms with Crippen LogP contribution in [0.25, 0.3) is 0 Å². The lowest BCUT2D eigenvalue weighted by Gasteiger charge is -2.32. The minimum Gasteiger partial charge on any atom is -0.449 e. The molecule has 0 aliphatic carbocycles. The average Bonchev–Trinajstić information content (AvgIpc) is 2.48. The minimum atomic E-state index is -0.462. The van der Waals surface area contributed by atoms with Gasteiger partial charge in [-0.1, -0.05) is 71.1 Å². The second-order valence-corrected chi connectivity index (χ2v) is 6.42. The molecule has 0 N–H and O–H groups in total. The molecular formula is C18H33NO3. The van der Waals surface area contributed by atoms with Crippen LogP contribution in [0, 0.1) is 0 Å². The molecular weight excluding hydrogens is 278 g/mol. The van der Waals surface area contributed by atoms with E-state index in [-0.39, 0.29) is 11.9 Å². The first-order valence-electron chi connectivity index (χ1n) is 9.13. The molecule has 0 aromatic heterocycles. The Morgan fingerprint density at radius 3 is 2.14 bits per heavy atom. The second kappa shape index (κ2) is 11.5. The van der Waals surface area contributed by atoms with Gasteiger partial charge in [0, 0.05) is 19.4 Å². The predicted molar refractivity (Wildman–Crippen MR) is 88.7 cm³/mol. The van der Waals surface area contributed by atoms with Crippen LogP contribution in [-0.2, 0) is 9.53 Å². The lowest BCUT2D eigenvalue weighted by atomic mass is 10.0. The molecule has 0 bridgehead atoms. The van der Waals surface area contributed by atoms with Crippen molar-refractivity contribution in [1.82, 2.24) is 4.90 Å². The molecule has 1 unspecified atom stereocenters. The molecule has 0 aromatic rings. The van der Waals surface area contributed by atoms with Gasteiger partial charge in [-0.25, -0.2) is 9.69 Å². The van der Waals surface area contributed by atoms with Crippen molar-refractivity contribution < 1.29 is 14.3 Å². The van der Waals surface area contributed by atoms with Gasteiger partial charge in [0.25, 0.3) is 0 Å². The molecule has 0 saturated carbocycles. The van der Waals surface area contributed by atoms with Gasteiger partial charge in [-0.05, 0) is 6.42 Å². The van der Waals surface area contributed by atoms with E-state index in [2.05, 4.69) is 6.92 Å². The lowest BCUT2D eigenvalue weighted by Crippen LogP contribution is -2.48. The van der Waals surface area contributed by atoms with Crippen LogP contribution < -0.4 is 0 Å². The van der Waals surface area contributed by atoms with E-state index in [0.717, 1.165) is 19.3 Å². The molecule has 1 rings (SSSR count). The van der Waals surface area contributed by atoms with E-state index in [1.807, 2.05) is 0 Å². The van der Waals surface area contributed by atoms with Crippen LogP contribution in [0.1, 0.15) is 90.9 Å². The van der Waals surface area contributed by atoms with E-state index in [0.29, 0.717) is 6.61 Å². The van der Waals surface area contributed by atoms with Crippen molar-refractivity contribution in [3.05, 3.63) is 0 Å². The maximum atomic E-state index is 11.6. The van der Waals surface area contributed by atoms with Gasteiger partial charge in [0.1, 0.15) is 0 Å². The first-order chi connectivity index (χ1) is 10.7. The van der Waals surface area contributed by atoms with E-state index in [1.54, 1.807) is 0 Å². The third kappa shape index (κ3) is 7.28. The number of carbonyl (C=O) groups is 2. The fourth-order valence-electron chi connectivity index (χ4n) is 3.16. The Balaban J connectivity index is 2.03. The molecule has 0 radical (unpaired) electrons. The molecule has 1 atom stereocenters. The molecule has 4 heteroatoms. The largest absolute Gasteiger partial charge is 0.449 e. The summed E-state index contributed by atoms with van der Waals surface area (Å²) in [4.78, 5) is 24.4. The normalized spacial score (nSPS) is 18.4. The molecule has 1 fully saturated rings. The molecule has 0 spiro atoms. The average molecular weight is 311 g/mol. The number of amides is 2. The van der Waals surface area contributed by atoms with Gasteiger partial charge in [-0.2, -0.15) is 0 Å². The number of nitrogens with zero attached hydrogens (tertiary/aromatic N) is 1. The van der Waals surface area contributed by atoms with Crippen LogP contribution in [0.15, 0.2) is 0 Å². The highest BCUT2D eigenvalue weighted by atomic mass is 16.6. The maximum absolute atomic E-state index is 11.6. The van der Waals surface area contributed by atoms with Crippen molar-refractivity contribution in [1.29, 1.82) is 0 Å². The van der Waals surface area contributed by atoms with Crippen molar-refractivity contribution in [2.45, 2.75) is 96.9 Å². The summed E-state index contributed by atoms with van der Waals surface area (Å²) >= 11 is 0. The third-order valence-corrected chi connectivity index (χ3v) is 4.47. The highest BCUT2D eigenvalue weighted by Gasteiger charge is 2.32. The molecule has 1 aliphatic rings. The van der Waals surface area contributed by atoms with E-state index in [1.165, 1.54) is 69.6 Å². The summed E-state index contributed by atoms with van der Waals surface area (Å²) in [6.07, 6.45) is 14.3. The third-order valence-electron chi connectivity index (χ3n) is 4.47. The Bertz CT molecular complexity index is 330. The number of imide groups is 1. The molecule has 4 nitrogen and oxygen atoms in total. The number of carbonyl (C=O) groups excluding carboxylic acids is 2. The molecule has 2 amide bonds. The van der Waals surface area contributed by atoms with Crippen molar-refractivity contribution in [2.75, 3.05) is 6.61 Å². The lowest BCUT2D eigenvalue weighted by molar-refractivity contribution is -0.131. The van der Waals surface area contributed by atoms with Crippen LogP contribution in [0.3, 0.4) is 0 Å². The number of hydrogen-bond acceptors (Lipinski definition) is 3. The molecule has 0 aromatic carbocycles. The summed E-state index contributed by atoms with van der Waals surface area (Å²) in [6, 6.07) is 0.0489. The van der Waals surface area contributed by atoms with Gasteiger partial charge < -0.3 is 4.74 Å². The molecule has 22 heavy (non-hydrogen) atoms. The molecule has 1 aliphatic heterocycles. The molecule has 1 saturated heterocycles. The smallest absolute Gasteiger partial charge is 0.416 e. The van der Waals surface area contributed by atoms with Gasteiger partial charge in [-0.15, -0.1) is 0 Å². The summed E-state index contributed by atoms with van der Waals surface area (Å²) in [5.41, 5.74) is 0. The fourth-order valence-corrected chi connectivity index (χ4v) is 3.16. The van der Waals surface area contributed by atoms with Gasteiger partial charge in [0.2, 0.25) is 5.91 Å². The number of hydrogen-bond donors (Lipinski definition) is 0. The first kappa shape index (κ1) is 19.0. The van der Waals surface area contributed by atoms with Crippen LogP contribution in [-0.4, -0.2) is 29.5 Å². The number of ether oxygens (including phenoxy) is 1. The summed E-state index contributed by atoms with van der Waals surface area (Å²) in [5.74, 6) is -0.193. The molecule has 1 heterocycles. The van der Waals surface area contributed by atoms with Crippen molar-refractivity contribution in [2.24, 2.45) is 0 Å². The zero-order valence-electron chi connectivity index (χ0n) is 14.4. The highest BCUT2D eigenvalue weighted by Crippen LogP contribution is 2.20.